The summed E-state index contributed by atoms with van der Waals surface area (Å²) in [6.07, 6.45) is 30.0. The first-order valence-electron chi connectivity index (χ1n) is 35.2. The van der Waals surface area contributed by atoms with Crippen LogP contribution in [0.25, 0.3) is 22.5 Å². The van der Waals surface area contributed by atoms with Crippen LogP contribution < -0.4 is 41.3 Å². The van der Waals surface area contributed by atoms with E-state index in [-0.39, 0.29) is 61.8 Å². The summed E-state index contributed by atoms with van der Waals surface area (Å²) in [4.78, 5) is 57.3. The lowest BCUT2D eigenvalue weighted by molar-refractivity contribution is -0.127. The Balaban J connectivity index is 0.000000157. The van der Waals surface area contributed by atoms with E-state index in [1.54, 1.807) is 6.08 Å². The Hall–Kier alpha value is -8.61. The average molecular weight is 1310 g/mol. The Morgan fingerprint density at radius 2 is 1.21 bits per heavy atom. The van der Waals surface area contributed by atoms with Gasteiger partial charge in [-0.1, -0.05) is 46.2 Å². The van der Waals surface area contributed by atoms with E-state index >= 15 is 0 Å². The van der Waals surface area contributed by atoms with Gasteiger partial charge in [-0.15, -0.1) is 0 Å². The van der Waals surface area contributed by atoms with Gasteiger partial charge in [0.2, 0.25) is 17.8 Å². The summed E-state index contributed by atoms with van der Waals surface area (Å²) in [6, 6.07) is 13.8. The summed E-state index contributed by atoms with van der Waals surface area (Å²) in [5.74, 6) is 4.97. The van der Waals surface area contributed by atoms with Crippen molar-refractivity contribution in [1.82, 2.24) is 58.9 Å². The molecule has 24 heteroatoms. The molecule has 0 spiro atoms. The number of piperidine rings is 4. The van der Waals surface area contributed by atoms with E-state index in [2.05, 4.69) is 127 Å². The van der Waals surface area contributed by atoms with E-state index in [0.29, 0.717) is 24.6 Å². The third kappa shape index (κ3) is 17.1. The fourth-order valence-corrected chi connectivity index (χ4v) is 14.3. The van der Waals surface area contributed by atoms with Crippen LogP contribution in [0.15, 0.2) is 105 Å². The lowest BCUT2D eigenvalue weighted by Crippen LogP contribution is -2.45. The number of fused-ring (bicyclic) bond motifs is 3. The number of likely N-dealkylation sites (tertiary alicyclic amines) is 1. The molecule has 1 aromatic carbocycles. The van der Waals surface area contributed by atoms with Crippen LogP contribution in [-0.2, 0) is 22.4 Å². The lowest BCUT2D eigenvalue weighted by atomic mass is 9.91. The highest BCUT2D eigenvalue weighted by Gasteiger charge is 2.32. The number of carbonyl (C=O) groups is 2. The highest BCUT2D eigenvalue weighted by molar-refractivity contribution is 5.88. The third-order valence-electron chi connectivity index (χ3n) is 19.4. The fourth-order valence-electron chi connectivity index (χ4n) is 14.3. The highest BCUT2D eigenvalue weighted by atomic mass is 16.3. The first-order chi connectivity index (χ1) is 46.8. The zero-order valence-corrected chi connectivity index (χ0v) is 57.0. The minimum Gasteiger partial charge on any atom is -0.396 e. The molecule has 0 radical (unpaired) electrons. The van der Waals surface area contributed by atoms with Crippen LogP contribution in [0.4, 0.5) is 46.4 Å². The molecule has 6 atom stereocenters. The van der Waals surface area contributed by atoms with Crippen molar-refractivity contribution in [3.63, 3.8) is 0 Å². The van der Waals surface area contributed by atoms with Crippen molar-refractivity contribution >= 4 is 80.7 Å². The number of aliphatic hydroxyl groups is 3. The predicted octanol–water partition coefficient (Wildman–Crippen LogP) is 10.7. The number of imidazole rings is 1. The van der Waals surface area contributed by atoms with Crippen molar-refractivity contribution in [3.05, 3.63) is 116 Å². The molecule has 10 heterocycles. The number of aliphatic hydroxyl groups excluding tert-OH is 3. The number of hydrogen-bond donors (Lipinski definition) is 8. The topological polar surface area (TPSA) is 272 Å². The zero-order chi connectivity index (χ0) is 67.7. The van der Waals surface area contributed by atoms with Crippen molar-refractivity contribution in [1.29, 1.82) is 0 Å². The molecule has 1 aliphatic carbocycles. The van der Waals surface area contributed by atoms with Crippen molar-refractivity contribution in [2.24, 2.45) is 0 Å². The molecule has 12 rings (SSSR count). The monoisotopic (exact) mass is 1310 g/mol. The molecule has 24 nitrogen and oxygen atoms in total. The van der Waals surface area contributed by atoms with Gasteiger partial charge in [-0.25, -0.2) is 15.0 Å². The molecule has 7 aromatic rings. The van der Waals surface area contributed by atoms with Gasteiger partial charge in [-0.05, 0) is 179 Å². The summed E-state index contributed by atoms with van der Waals surface area (Å²) < 4.78 is 5.85. The smallest absolute Gasteiger partial charge is 0.246 e. The highest BCUT2D eigenvalue weighted by Crippen LogP contribution is 2.35. The maximum atomic E-state index is 12.1. The van der Waals surface area contributed by atoms with E-state index in [4.69, 9.17) is 19.9 Å². The van der Waals surface area contributed by atoms with Crippen LogP contribution in [0.5, 0.6) is 0 Å². The molecule has 4 aliphatic heterocycles. The Morgan fingerprint density at radius 1 is 0.625 bits per heavy atom. The molecule has 6 aromatic heterocycles. The predicted molar refractivity (Wildman–Crippen MR) is 385 cm³/mol. The fraction of sp³-hybridized carbons (Fsp3) is 0.542. The van der Waals surface area contributed by atoms with Gasteiger partial charge in [0.25, 0.3) is 0 Å². The number of anilines is 8. The van der Waals surface area contributed by atoms with Crippen LogP contribution in [0.2, 0.25) is 0 Å². The van der Waals surface area contributed by atoms with Crippen LogP contribution in [0.1, 0.15) is 160 Å². The molecule has 96 heavy (non-hydrogen) atoms. The molecule has 516 valence electrons. The van der Waals surface area contributed by atoms with Crippen LogP contribution >= 0.6 is 0 Å². The molecular formula is C72H103N19O5. The number of aromatic nitrogens is 10. The van der Waals surface area contributed by atoms with Gasteiger partial charge in [-0.2, -0.15) is 29.2 Å². The number of benzene rings is 1. The number of amides is 2. The maximum absolute atomic E-state index is 12.1. The number of nitrogens with zero attached hydrogens (tertiary/aromatic N) is 14. The molecule has 5 aliphatic rings. The third-order valence-corrected chi connectivity index (χ3v) is 19.4. The largest absolute Gasteiger partial charge is 0.396 e. The number of carbonyl (C=O) groups excluding carboxylic acids is 2. The van der Waals surface area contributed by atoms with E-state index in [9.17, 15) is 24.9 Å². The molecule has 8 N–H and O–H groups in total. The quantitative estimate of drug-likeness (QED) is 0.0206. The van der Waals surface area contributed by atoms with Crippen molar-refractivity contribution in [2.75, 3.05) is 88.5 Å². The number of allylic oxidation sites excluding steroid dienone is 1. The summed E-state index contributed by atoms with van der Waals surface area (Å²) in [7, 11) is 0. The Labute approximate surface area is 565 Å². The second kappa shape index (κ2) is 33.9. The molecule has 3 unspecified atom stereocenters. The molecule has 5 fully saturated rings. The Kier molecular flexibility index (Phi) is 24.8. The van der Waals surface area contributed by atoms with Gasteiger partial charge in [0.05, 0.1) is 18.7 Å². The first-order valence-corrected chi connectivity index (χ1v) is 35.2. The summed E-state index contributed by atoms with van der Waals surface area (Å²) in [6.45, 7) is 28.1. The lowest BCUT2D eigenvalue weighted by Gasteiger charge is -2.37. The van der Waals surface area contributed by atoms with Crippen molar-refractivity contribution in [2.45, 2.75) is 198 Å². The Bertz CT molecular complexity index is 3760. The SMILES string of the molecule is C=CC(=C)Nc1cccc(Nc2cc(N3CCCC[C@H]3CCO)nc3c(CC)cnn23)c1.C=CC(=O)N1CCCC(Nc2cc(N3CCCC[C@H]3CCO)nc3c(CC)cnn23)C1.C=CC(=O)NC1CCCC(Nc2nc(N3CCCC[C@H]3CCO)nc3c2ncn3C(C)C)C1. The first kappa shape index (κ1) is 70.2. The van der Waals surface area contributed by atoms with Crippen molar-refractivity contribution in [3.8, 4) is 0 Å². The van der Waals surface area contributed by atoms with Gasteiger partial charge >= 0.3 is 0 Å². The Morgan fingerprint density at radius 3 is 1.80 bits per heavy atom. The van der Waals surface area contributed by atoms with E-state index in [0.717, 1.165) is 215 Å². The van der Waals surface area contributed by atoms with Gasteiger partial charge in [0, 0.05) is 135 Å². The van der Waals surface area contributed by atoms with Gasteiger partial charge in [-0.3, -0.25) is 9.59 Å². The molecule has 1 saturated carbocycles. The minimum atomic E-state index is -0.122. The molecule has 2 amide bonds. The summed E-state index contributed by atoms with van der Waals surface area (Å²) >= 11 is 0. The standard InChI is InChI=1S/C25H32N6O.C24H37N7O2.C23H34N6O2/c1-4-18(3)27-20-9-8-10-21(15-20)28-24-16-23(29-25-19(5-2)17-26-31(24)25)30-13-7-6-11-22(30)12-14-32;1-4-20(33)26-17-8-7-9-18(14-17)27-22-21-23(31(15-25-21)16(2)3)29-24(28-22)30-12-6-5-10-19(30)11-13-32;1-3-17-15-24-29-21(25-18-8-7-11-27(16-18)22(31)4-2)14-20(26-23(17)29)28-12-6-5-9-19(28)10-13-30/h4,8-10,15-17,22,27-28,32H,1,3,5-7,11-14H2,2H3;4,15-19,32H,1,5-14H2,2-3H3,(H,26,33)(H,27,28,29);4,14-15,18-19,25,30H,2-3,5-13,16H2,1H3/t22-;17?,18?,19-;18?,19-/m000/s1. The second-order valence-corrected chi connectivity index (χ2v) is 26.3. The van der Waals surface area contributed by atoms with Crippen LogP contribution in [0.3, 0.4) is 0 Å². The van der Waals surface area contributed by atoms with Crippen molar-refractivity contribution < 1.29 is 24.9 Å². The van der Waals surface area contributed by atoms with E-state index < -0.39 is 0 Å². The normalized spacial score (nSPS) is 20.6. The summed E-state index contributed by atoms with van der Waals surface area (Å²) in [5, 5.41) is 55.0. The minimum absolute atomic E-state index is 0.0143. The zero-order valence-electron chi connectivity index (χ0n) is 57.0. The van der Waals surface area contributed by atoms with Crippen LogP contribution in [0, 0.1) is 0 Å². The molecular weight excluding hydrogens is 1210 g/mol. The average Bonchev–Trinajstić information content (AvgIpc) is 1.55. The summed E-state index contributed by atoms with van der Waals surface area (Å²) in [5.41, 5.74) is 8.20. The number of nitrogens with one attached hydrogen (secondary N) is 5. The van der Waals surface area contributed by atoms with E-state index in [1.165, 1.54) is 31.4 Å². The van der Waals surface area contributed by atoms with Gasteiger partial charge in [0.15, 0.2) is 28.3 Å². The molecule has 4 saturated heterocycles. The van der Waals surface area contributed by atoms with E-state index in [1.807, 2.05) is 56.9 Å². The maximum Gasteiger partial charge on any atom is 0.246 e. The second-order valence-electron chi connectivity index (χ2n) is 26.3. The van der Waals surface area contributed by atoms with Gasteiger partial charge in [0.1, 0.15) is 23.3 Å². The number of rotatable bonds is 24. The number of aryl methyl sites for hydroxylation is 2. The van der Waals surface area contributed by atoms with Crippen LogP contribution in [-0.4, -0.2) is 170 Å². The molecule has 0 bridgehead atoms. The van der Waals surface area contributed by atoms with Gasteiger partial charge < -0.3 is 66.1 Å². The number of hydrogen-bond acceptors (Lipinski definition) is 19.